The lowest BCUT2D eigenvalue weighted by Crippen LogP contribution is -2.38. The molecule has 1 N–H and O–H groups in total. The fourth-order valence-corrected chi connectivity index (χ4v) is 2.35. The molecule has 5 heteroatoms. The van der Waals surface area contributed by atoms with Crippen LogP contribution in [-0.4, -0.2) is 22.8 Å². The number of carbonyl (C=O) groups is 2. The third-order valence-corrected chi connectivity index (χ3v) is 3.56. The van der Waals surface area contributed by atoms with Crippen LogP contribution in [0, 0.1) is 5.82 Å². The Hall–Kier alpha value is -2.69. The summed E-state index contributed by atoms with van der Waals surface area (Å²) in [5, 5.41) is 2.54. The smallest absolute Gasteiger partial charge is 0.233 e. The minimum Gasteiger partial charge on any atom is -0.336 e. The van der Waals surface area contributed by atoms with Crippen molar-refractivity contribution in [3.05, 3.63) is 66.0 Å². The maximum atomic E-state index is 13.1. The lowest BCUT2D eigenvalue weighted by molar-refractivity contribution is -0.136. The van der Waals surface area contributed by atoms with Crippen molar-refractivity contribution in [2.24, 2.45) is 0 Å². The van der Waals surface area contributed by atoms with Crippen LogP contribution >= 0.6 is 0 Å². The molecule has 2 amide bonds. The van der Waals surface area contributed by atoms with Gasteiger partial charge < -0.3 is 10.2 Å². The normalized spacial score (nSPS) is 10.5. The highest BCUT2D eigenvalue weighted by Crippen LogP contribution is 2.12. The standard InChI is InChI=1S/C19H21FN2O2/c1-14(2)22(13-15-7-4-3-5-8-15)19(24)12-18(23)21-17-10-6-9-16(20)11-17/h3-11,14H,12-13H2,1-2H3,(H,21,23). The molecule has 0 aliphatic carbocycles. The van der Waals surface area contributed by atoms with Gasteiger partial charge in [-0.3, -0.25) is 9.59 Å². The van der Waals surface area contributed by atoms with E-state index in [0.717, 1.165) is 5.56 Å². The first-order valence-corrected chi connectivity index (χ1v) is 7.84. The van der Waals surface area contributed by atoms with Gasteiger partial charge in [-0.25, -0.2) is 4.39 Å². The molecule has 4 nitrogen and oxygen atoms in total. The molecule has 0 bridgehead atoms. The quantitative estimate of drug-likeness (QED) is 0.824. The lowest BCUT2D eigenvalue weighted by Gasteiger charge is -2.26. The van der Waals surface area contributed by atoms with E-state index in [9.17, 15) is 14.0 Å². The molecule has 0 unspecified atom stereocenters. The van der Waals surface area contributed by atoms with Crippen LogP contribution in [0.25, 0.3) is 0 Å². The first-order valence-electron chi connectivity index (χ1n) is 7.84. The van der Waals surface area contributed by atoms with Gasteiger partial charge in [0.2, 0.25) is 11.8 Å². The number of benzene rings is 2. The van der Waals surface area contributed by atoms with E-state index in [0.29, 0.717) is 12.2 Å². The second-order valence-corrected chi connectivity index (χ2v) is 5.84. The zero-order chi connectivity index (χ0) is 17.5. The van der Waals surface area contributed by atoms with Gasteiger partial charge in [-0.15, -0.1) is 0 Å². The summed E-state index contributed by atoms with van der Waals surface area (Å²) in [4.78, 5) is 26.1. The van der Waals surface area contributed by atoms with Crippen LogP contribution in [-0.2, 0) is 16.1 Å². The number of anilines is 1. The Kier molecular flexibility index (Phi) is 6.07. The highest BCUT2D eigenvalue weighted by Gasteiger charge is 2.20. The molecule has 0 saturated carbocycles. The molecule has 2 aromatic carbocycles. The molecule has 0 aliphatic rings. The van der Waals surface area contributed by atoms with Crippen molar-refractivity contribution >= 4 is 17.5 Å². The van der Waals surface area contributed by atoms with Crippen LogP contribution in [0.15, 0.2) is 54.6 Å². The number of nitrogens with zero attached hydrogens (tertiary/aromatic N) is 1. The molecule has 24 heavy (non-hydrogen) atoms. The van der Waals surface area contributed by atoms with E-state index in [-0.39, 0.29) is 18.4 Å². The van der Waals surface area contributed by atoms with E-state index in [1.165, 1.54) is 18.2 Å². The first-order chi connectivity index (χ1) is 11.5. The molecular weight excluding hydrogens is 307 g/mol. The number of hydrogen-bond acceptors (Lipinski definition) is 2. The van der Waals surface area contributed by atoms with Crippen molar-refractivity contribution in [2.75, 3.05) is 5.32 Å². The Balaban J connectivity index is 1.98. The molecule has 126 valence electrons. The van der Waals surface area contributed by atoms with E-state index < -0.39 is 11.7 Å². The summed E-state index contributed by atoms with van der Waals surface area (Å²) in [6.07, 6.45) is -0.276. The molecule has 0 radical (unpaired) electrons. The predicted molar refractivity (Wildman–Crippen MR) is 91.8 cm³/mol. The summed E-state index contributed by atoms with van der Waals surface area (Å²) in [6.45, 7) is 4.27. The van der Waals surface area contributed by atoms with Crippen LogP contribution in [0.4, 0.5) is 10.1 Å². The Morgan fingerprint density at radius 1 is 1.08 bits per heavy atom. The van der Waals surface area contributed by atoms with Crippen LogP contribution < -0.4 is 5.32 Å². The molecule has 0 saturated heterocycles. The van der Waals surface area contributed by atoms with Crippen LogP contribution in [0.5, 0.6) is 0 Å². The van der Waals surface area contributed by atoms with E-state index in [4.69, 9.17) is 0 Å². The van der Waals surface area contributed by atoms with Gasteiger partial charge in [0.15, 0.2) is 0 Å². The summed E-state index contributed by atoms with van der Waals surface area (Å²) in [5.74, 6) is -1.15. The predicted octanol–water partition coefficient (Wildman–Crippen LogP) is 3.59. The number of halogens is 1. The zero-order valence-electron chi connectivity index (χ0n) is 13.8. The molecule has 0 aliphatic heterocycles. The van der Waals surface area contributed by atoms with Crippen LogP contribution in [0.1, 0.15) is 25.8 Å². The average molecular weight is 328 g/mol. The van der Waals surface area contributed by atoms with Crippen molar-refractivity contribution < 1.29 is 14.0 Å². The Morgan fingerprint density at radius 2 is 1.79 bits per heavy atom. The summed E-state index contributed by atoms with van der Waals surface area (Å²) in [6, 6.07) is 15.2. The molecule has 2 aromatic rings. The van der Waals surface area contributed by atoms with Crippen molar-refractivity contribution in [3.8, 4) is 0 Å². The number of rotatable bonds is 6. The van der Waals surface area contributed by atoms with Crippen molar-refractivity contribution in [3.63, 3.8) is 0 Å². The second kappa shape index (κ2) is 8.24. The van der Waals surface area contributed by atoms with Crippen molar-refractivity contribution in [1.29, 1.82) is 0 Å². The highest BCUT2D eigenvalue weighted by molar-refractivity contribution is 6.03. The van der Waals surface area contributed by atoms with Gasteiger partial charge in [-0.2, -0.15) is 0 Å². The summed E-state index contributed by atoms with van der Waals surface area (Å²) >= 11 is 0. The highest BCUT2D eigenvalue weighted by atomic mass is 19.1. The van der Waals surface area contributed by atoms with E-state index >= 15 is 0 Å². The van der Waals surface area contributed by atoms with Crippen molar-refractivity contribution in [2.45, 2.75) is 32.9 Å². The second-order valence-electron chi connectivity index (χ2n) is 5.84. The summed E-state index contributed by atoms with van der Waals surface area (Å²) in [7, 11) is 0. The number of nitrogens with one attached hydrogen (secondary N) is 1. The Bertz CT molecular complexity index is 702. The molecule has 0 heterocycles. The minimum atomic E-state index is -0.454. The molecule has 0 fully saturated rings. The SMILES string of the molecule is CC(C)N(Cc1ccccc1)C(=O)CC(=O)Nc1cccc(F)c1. The topological polar surface area (TPSA) is 49.4 Å². The van der Waals surface area contributed by atoms with Crippen LogP contribution in [0.3, 0.4) is 0 Å². The third kappa shape index (κ3) is 5.19. The fourth-order valence-electron chi connectivity index (χ4n) is 2.35. The van der Waals surface area contributed by atoms with Gasteiger partial charge in [0.1, 0.15) is 12.2 Å². The van der Waals surface area contributed by atoms with Gasteiger partial charge in [0, 0.05) is 18.3 Å². The van der Waals surface area contributed by atoms with E-state index in [1.807, 2.05) is 44.2 Å². The average Bonchev–Trinajstić information content (AvgIpc) is 2.53. The fraction of sp³-hybridized carbons (Fsp3) is 0.263. The molecular formula is C19H21FN2O2. The monoisotopic (exact) mass is 328 g/mol. The van der Waals surface area contributed by atoms with Gasteiger partial charge in [0.05, 0.1) is 0 Å². The van der Waals surface area contributed by atoms with E-state index in [1.54, 1.807) is 11.0 Å². The lowest BCUT2D eigenvalue weighted by atomic mass is 10.1. The largest absolute Gasteiger partial charge is 0.336 e. The molecule has 0 spiro atoms. The van der Waals surface area contributed by atoms with Gasteiger partial charge in [0.25, 0.3) is 0 Å². The number of hydrogen-bond donors (Lipinski definition) is 1. The van der Waals surface area contributed by atoms with Gasteiger partial charge in [-0.1, -0.05) is 36.4 Å². The maximum absolute atomic E-state index is 13.1. The summed E-state index contributed by atoms with van der Waals surface area (Å²) < 4.78 is 13.1. The number of amides is 2. The molecule has 0 aromatic heterocycles. The zero-order valence-corrected chi connectivity index (χ0v) is 13.8. The Labute approximate surface area is 141 Å². The van der Waals surface area contributed by atoms with E-state index in [2.05, 4.69) is 5.32 Å². The van der Waals surface area contributed by atoms with Gasteiger partial charge >= 0.3 is 0 Å². The van der Waals surface area contributed by atoms with Crippen molar-refractivity contribution in [1.82, 2.24) is 4.90 Å². The molecule has 2 rings (SSSR count). The summed E-state index contributed by atoms with van der Waals surface area (Å²) in [5.41, 5.74) is 1.34. The first kappa shape index (κ1) is 17.7. The maximum Gasteiger partial charge on any atom is 0.233 e. The minimum absolute atomic E-state index is 0.0281. The van der Waals surface area contributed by atoms with Gasteiger partial charge in [-0.05, 0) is 37.6 Å². The number of carbonyl (C=O) groups excluding carboxylic acids is 2. The Morgan fingerprint density at radius 3 is 2.42 bits per heavy atom. The van der Waals surface area contributed by atoms with Crippen LogP contribution in [0.2, 0.25) is 0 Å². The third-order valence-electron chi connectivity index (χ3n) is 3.56. The molecule has 0 atom stereocenters.